The number of aliphatic hydroxyl groups is 1. The summed E-state index contributed by atoms with van der Waals surface area (Å²) in [4.78, 5) is 24.4. The Morgan fingerprint density at radius 2 is 1.43 bits per heavy atom. The van der Waals surface area contributed by atoms with E-state index in [1.165, 1.54) is 34.4 Å². The first-order valence-corrected chi connectivity index (χ1v) is 17.7. The largest absolute Gasteiger partial charge is 0.387 e. The number of halogens is 1. The van der Waals surface area contributed by atoms with Crippen LogP contribution in [-0.4, -0.2) is 101 Å². The molecular formula is C21H25FN10O9P2S. The number of ether oxygens (including phenoxy) is 2. The average Bonchev–Trinajstić information content (AvgIpc) is 3.73. The molecule has 0 radical (unpaired) electrons. The number of nitrogen functional groups attached to an aromatic ring is 2. The molecular weight excluding hydrogens is 649 g/mol. The minimum absolute atomic E-state index is 0.0681. The number of hydrogen-bond acceptors (Lipinski definition) is 17. The van der Waals surface area contributed by atoms with Gasteiger partial charge < -0.3 is 30.6 Å². The summed E-state index contributed by atoms with van der Waals surface area (Å²) in [5.41, 5.74) is 12.6. The molecule has 0 aromatic carbocycles. The van der Waals surface area contributed by atoms with Crippen molar-refractivity contribution >= 4 is 60.6 Å². The van der Waals surface area contributed by atoms with Crippen LogP contribution in [0.4, 0.5) is 16.0 Å². The van der Waals surface area contributed by atoms with E-state index in [9.17, 15) is 14.2 Å². The molecule has 3 saturated heterocycles. The van der Waals surface area contributed by atoms with Crippen LogP contribution in [0.2, 0.25) is 0 Å². The molecule has 3 fully saturated rings. The van der Waals surface area contributed by atoms with Gasteiger partial charge in [-0.2, -0.15) is 0 Å². The van der Waals surface area contributed by atoms with E-state index in [1.54, 1.807) is 0 Å². The molecule has 0 aliphatic carbocycles. The average molecular weight is 675 g/mol. The fourth-order valence-electron chi connectivity index (χ4n) is 5.30. The van der Waals surface area contributed by atoms with E-state index in [0.717, 1.165) is 6.66 Å². The topological polar surface area (TPSA) is 249 Å². The predicted octanol–water partition coefficient (Wildman–Crippen LogP) is 1.00. The summed E-state index contributed by atoms with van der Waals surface area (Å²) in [6.45, 7) is -4.28. The third kappa shape index (κ3) is 5.16. The molecule has 19 nitrogen and oxygen atoms in total. The Kier molecular flexibility index (Phi) is 7.40. The second-order valence-electron chi connectivity index (χ2n) is 10.2. The van der Waals surface area contributed by atoms with E-state index in [2.05, 4.69) is 42.2 Å². The number of imidazole rings is 2. The molecule has 0 spiro atoms. The zero-order valence-electron chi connectivity index (χ0n) is 22.5. The molecule has 7 heterocycles. The summed E-state index contributed by atoms with van der Waals surface area (Å²) in [5, 5.41) is 11.1. The lowest BCUT2D eigenvalue weighted by molar-refractivity contribution is -0.0578. The highest BCUT2D eigenvalue weighted by Crippen LogP contribution is 2.58. The second kappa shape index (κ2) is 10.9. The predicted molar refractivity (Wildman–Crippen MR) is 150 cm³/mol. The minimum atomic E-state index is -4.34. The molecule has 0 saturated carbocycles. The second-order valence-corrected chi connectivity index (χ2v) is 15.1. The lowest BCUT2D eigenvalue weighted by Crippen LogP contribution is -2.35. The van der Waals surface area contributed by atoms with Crippen molar-refractivity contribution in [2.75, 3.05) is 31.3 Å². The Labute approximate surface area is 251 Å². The fourth-order valence-corrected chi connectivity index (χ4v) is 7.93. The molecule has 23 heteroatoms. The molecule has 5 N–H and O–H groups in total. The summed E-state index contributed by atoms with van der Waals surface area (Å²) >= 11 is 4.03. The Balaban J connectivity index is 1.20. The van der Waals surface area contributed by atoms with Crippen molar-refractivity contribution in [2.24, 2.45) is 0 Å². The monoisotopic (exact) mass is 674 g/mol. The normalized spacial score (nSPS) is 38.3. The number of anilines is 2. The van der Waals surface area contributed by atoms with E-state index >= 15 is 4.39 Å². The maximum Gasteiger partial charge on any atom is 0.386 e. The van der Waals surface area contributed by atoms with Crippen molar-refractivity contribution in [1.29, 1.82) is 0 Å². The molecule has 2 bridgehead atoms. The van der Waals surface area contributed by atoms with Gasteiger partial charge >= 0.3 is 14.4 Å². The maximum absolute atomic E-state index is 16.0. The smallest absolute Gasteiger partial charge is 0.386 e. The van der Waals surface area contributed by atoms with E-state index in [0.29, 0.717) is 0 Å². The van der Waals surface area contributed by atoms with Gasteiger partial charge in [0.2, 0.25) is 0 Å². The number of aliphatic hydroxyl groups excluding tert-OH is 1. The Morgan fingerprint density at radius 3 is 2.07 bits per heavy atom. The third-order valence-electron chi connectivity index (χ3n) is 7.35. The summed E-state index contributed by atoms with van der Waals surface area (Å²) in [6.07, 6.45) is -6.49. The molecule has 4 aromatic rings. The molecule has 3 aliphatic heterocycles. The highest BCUT2D eigenvalue weighted by atomic mass is 32.7. The molecule has 4 unspecified atom stereocenters. The lowest BCUT2D eigenvalue weighted by Gasteiger charge is -2.26. The molecule has 7 rings (SSSR count). The van der Waals surface area contributed by atoms with Crippen LogP contribution in [0.5, 0.6) is 0 Å². The zero-order valence-corrected chi connectivity index (χ0v) is 25.2. The lowest BCUT2D eigenvalue weighted by atomic mass is 10.1. The molecule has 236 valence electrons. The first-order chi connectivity index (χ1) is 20.9. The summed E-state index contributed by atoms with van der Waals surface area (Å²) in [5.74, 6) is 0.165. The minimum Gasteiger partial charge on any atom is -0.387 e. The van der Waals surface area contributed by atoms with Gasteiger partial charge in [-0.25, -0.2) is 38.9 Å². The number of nitrogens with zero attached hydrogens (tertiary/aromatic N) is 8. The SMILES string of the molecule is CP1(=O)OC[C@H]2O[C@@H](n3cnc4c(N)ncnc43)[C@@H](F)C2OP(=O)(S)OC[C@H]2O[C@@H](n3cnc4c(N)ncnc43)[C@@H](O1)C2O. The van der Waals surface area contributed by atoms with Crippen molar-refractivity contribution in [3.63, 3.8) is 0 Å². The summed E-state index contributed by atoms with van der Waals surface area (Å²) in [6, 6.07) is 0. The van der Waals surface area contributed by atoms with Crippen molar-refractivity contribution < 1.29 is 46.2 Å². The molecule has 4 aromatic heterocycles. The highest BCUT2D eigenvalue weighted by molar-refractivity contribution is 8.44. The third-order valence-corrected chi connectivity index (χ3v) is 10.2. The number of alkyl halides is 1. The van der Waals surface area contributed by atoms with Gasteiger partial charge in [-0.15, -0.1) is 0 Å². The Hall–Kier alpha value is -2.84. The highest BCUT2D eigenvalue weighted by Gasteiger charge is 2.53. The van der Waals surface area contributed by atoms with Crippen LogP contribution in [0.25, 0.3) is 22.3 Å². The standard InChI is InChI=1S/C21H25FN10O9P2S/c1-42(34)36-3-9-14(10(22)20(39-9)31-6-29-11-16(23)25-4-27-18(11)31)41-43(35,44)37-2-8-13(33)15(40-42)21(38-8)32-7-30-12-17(24)26-5-28-19(12)32/h4-10,13-15,20-21,33H,2-3H2,1H3,(H,35,44)(H2,23,25,27)(H2,24,26,28)/t8-,9-,10+,13?,14?,15+,20-,21-,42?,43?/m1/s1. The van der Waals surface area contributed by atoms with Gasteiger partial charge in [0.1, 0.15) is 54.2 Å². The Bertz CT molecular complexity index is 1830. The number of nitrogens with two attached hydrogens (primary N) is 2. The Morgan fingerprint density at radius 1 is 0.864 bits per heavy atom. The quantitative estimate of drug-likeness (QED) is 0.171. The van der Waals surface area contributed by atoms with Crippen molar-refractivity contribution in [3.8, 4) is 0 Å². The fraction of sp³-hybridized carbons (Fsp3) is 0.524. The van der Waals surface area contributed by atoms with E-state index in [1.807, 2.05) is 0 Å². The van der Waals surface area contributed by atoms with Gasteiger partial charge in [0, 0.05) is 6.66 Å². The van der Waals surface area contributed by atoms with Crippen LogP contribution >= 0.6 is 26.6 Å². The van der Waals surface area contributed by atoms with E-state index in [4.69, 9.17) is 39.0 Å². The van der Waals surface area contributed by atoms with Crippen molar-refractivity contribution in [3.05, 3.63) is 25.3 Å². The van der Waals surface area contributed by atoms with Gasteiger partial charge in [-0.1, -0.05) is 12.2 Å². The van der Waals surface area contributed by atoms with Gasteiger partial charge in [0.05, 0.1) is 25.9 Å². The van der Waals surface area contributed by atoms with Crippen LogP contribution in [0.15, 0.2) is 25.3 Å². The number of rotatable bonds is 2. The number of hydrogen-bond donors (Lipinski definition) is 4. The van der Waals surface area contributed by atoms with Gasteiger partial charge in [-0.05, 0) is 0 Å². The van der Waals surface area contributed by atoms with Gasteiger partial charge in [0.15, 0.2) is 41.6 Å². The number of fused-ring (bicyclic) bond motifs is 5. The first-order valence-electron chi connectivity index (χ1n) is 13.0. The van der Waals surface area contributed by atoms with Crippen molar-refractivity contribution in [2.45, 2.75) is 49.1 Å². The van der Waals surface area contributed by atoms with Crippen LogP contribution in [0.1, 0.15) is 12.5 Å². The van der Waals surface area contributed by atoms with Crippen LogP contribution in [0, 0.1) is 0 Å². The summed E-state index contributed by atoms with van der Waals surface area (Å²) < 4.78 is 80.0. The zero-order chi connectivity index (χ0) is 31.0. The summed E-state index contributed by atoms with van der Waals surface area (Å²) in [7, 11) is -4.05. The van der Waals surface area contributed by atoms with Crippen molar-refractivity contribution in [1.82, 2.24) is 39.0 Å². The van der Waals surface area contributed by atoms with Crippen LogP contribution < -0.4 is 11.5 Å². The number of thiol groups is 1. The maximum atomic E-state index is 16.0. The first kappa shape index (κ1) is 29.8. The van der Waals surface area contributed by atoms with E-state index < -0.39 is 76.8 Å². The number of aromatic nitrogens is 8. The molecule has 10 atom stereocenters. The van der Waals surface area contributed by atoms with Crippen LogP contribution in [-0.2, 0) is 36.7 Å². The van der Waals surface area contributed by atoms with E-state index in [-0.39, 0.29) is 34.0 Å². The molecule has 0 amide bonds. The molecule has 44 heavy (non-hydrogen) atoms. The van der Waals surface area contributed by atoms with Crippen LogP contribution in [0.3, 0.4) is 0 Å². The van der Waals surface area contributed by atoms with Gasteiger partial charge in [0.25, 0.3) is 0 Å². The van der Waals surface area contributed by atoms with Gasteiger partial charge in [-0.3, -0.25) is 27.3 Å². The molecule has 3 aliphatic rings.